The molecule has 0 fully saturated rings. The third-order valence-electron chi connectivity index (χ3n) is 3.10. The maximum Gasteiger partial charge on any atom is 0.303 e. The molecule has 114 valence electrons. The smallest absolute Gasteiger partial charge is 0.303 e. The topological polar surface area (TPSA) is 74.3 Å². The van der Waals surface area contributed by atoms with Crippen molar-refractivity contribution >= 4 is 26.7 Å². The van der Waals surface area contributed by atoms with E-state index in [1.54, 1.807) is 0 Å². The number of nitrogens with one attached hydrogen (secondary N) is 2. The summed E-state index contributed by atoms with van der Waals surface area (Å²) < 4.78 is 28.8. The number of nitrogens with zero attached hydrogens (tertiary/aromatic N) is 2. The molecule has 1 aliphatic heterocycles. The fraction of sp³-hybridized carbons (Fsp3) is 0.750. The third-order valence-corrected chi connectivity index (χ3v) is 5.74. The second-order valence-electron chi connectivity index (χ2n) is 4.82. The Kier molecular flexibility index (Phi) is 5.36. The van der Waals surface area contributed by atoms with Crippen LogP contribution in [0, 0.1) is 0 Å². The highest BCUT2D eigenvalue weighted by Crippen LogP contribution is 2.26. The van der Waals surface area contributed by atoms with Crippen LogP contribution in [0.2, 0.25) is 0 Å². The van der Waals surface area contributed by atoms with Gasteiger partial charge in [-0.2, -0.15) is 12.7 Å². The summed E-state index contributed by atoms with van der Waals surface area (Å²) in [6, 6.07) is 0. The van der Waals surface area contributed by atoms with Gasteiger partial charge in [-0.1, -0.05) is 25.2 Å². The van der Waals surface area contributed by atoms with Crippen molar-refractivity contribution < 1.29 is 8.42 Å². The number of fused-ring (bicyclic) bond motifs is 1. The second-order valence-corrected chi connectivity index (χ2v) is 7.58. The molecule has 0 bridgehead atoms. The predicted octanol–water partition coefficient (Wildman–Crippen LogP) is 1.57. The molecule has 0 atom stereocenters. The molecule has 2 rings (SSSR count). The number of hydrogen-bond donors (Lipinski definition) is 2. The molecular formula is C12H22N4O2S2. The average Bonchev–Trinajstić information content (AvgIpc) is 2.79. The van der Waals surface area contributed by atoms with E-state index in [4.69, 9.17) is 0 Å². The highest BCUT2D eigenvalue weighted by atomic mass is 32.2. The van der Waals surface area contributed by atoms with Gasteiger partial charge in [-0.3, -0.25) is 0 Å². The van der Waals surface area contributed by atoms with E-state index in [2.05, 4.69) is 15.0 Å². The van der Waals surface area contributed by atoms with Gasteiger partial charge >= 0.3 is 10.2 Å². The van der Waals surface area contributed by atoms with Crippen molar-refractivity contribution in [1.82, 2.24) is 14.6 Å². The van der Waals surface area contributed by atoms with E-state index < -0.39 is 10.2 Å². The second kappa shape index (κ2) is 6.84. The molecule has 1 aliphatic rings. The molecule has 0 aromatic carbocycles. The maximum atomic E-state index is 12.4. The Balaban J connectivity index is 2.12. The van der Waals surface area contributed by atoms with Crippen LogP contribution in [0.5, 0.6) is 0 Å². The molecule has 1 aromatic heterocycles. The van der Waals surface area contributed by atoms with Crippen molar-refractivity contribution in [2.24, 2.45) is 0 Å². The van der Waals surface area contributed by atoms with Crippen LogP contribution in [0.15, 0.2) is 0 Å². The molecule has 0 aliphatic carbocycles. The molecule has 0 saturated carbocycles. The lowest BCUT2D eigenvalue weighted by Gasteiger charge is -2.20. The summed E-state index contributed by atoms with van der Waals surface area (Å²) in [6.45, 7) is 6.71. The number of thiazole rings is 1. The number of rotatable bonds is 7. The van der Waals surface area contributed by atoms with E-state index in [-0.39, 0.29) is 0 Å². The minimum absolute atomic E-state index is 0.482. The van der Waals surface area contributed by atoms with Crippen LogP contribution >= 0.6 is 11.3 Å². The number of anilines is 1. The van der Waals surface area contributed by atoms with Gasteiger partial charge in [0.15, 0.2) is 5.13 Å². The number of aromatic nitrogens is 1. The molecule has 20 heavy (non-hydrogen) atoms. The molecular weight excluding hydrogens is 296 g/mol. The van der Waals surface area contributed by atoms with Gasteiger partial charge in [0, 0.05) is 37.5 Å². The van der Waals surface area contributed by atoms with E-state index in [9.17, 15) is 8.42 Å². The van der Waals surface area contributed by atoms with E-state index in [0.717, 1.165) is 42.9 Å². The summed E-state index contributed by atoms with van der Waals surface area (Å²) in [4.78, 5) is 5.53. The summed E-state index contributed by atoms with van der Waals surface area (Å²) in [5.74, 6) is 0. The lowest BCUT2D eigenvalue weighted by molar-refractivity contribution is 0.413. The fourth-order valence-electron chi connectivity index (χ4n) is 2.19. The quantitative estimate of drug-likeness (QED) is 0.800. The summed E-state index contributed by atoms with van der Waals surface area (Å²) in [7, 11) is -3.49. The zero-order valence-corrected chi connectivity index (χ0v) is 13.6. The summed E-state index contributed by atoms with van der Waals surface area (Å²) >= 11 is 1.43. The van der Waals surface area contributed by atoms with E-state index in [1.807, 2.05) is 13.8 Å². The van der Waals surface area contributed by atoms with Gasteiger partial charge in [0.25, 0.3) is 0 Å². The normalized spacial score (nSPS) is 15.3. The van der Waals surface area contributed by atoms with Crippen LogP contribution in [0.25, 0.3) is 0 Å². The number of hydrogen-bond acceptors (Lipinski definition) is 5. The maximum absolute atomic E-state index is 12.4. The fourth-order valence-corrected chi connectivity index (χ4v) is 4.75. The Labute approximate surface area is 124 Å². The van der Waals surface area contributed by atoms with Gasteiger partial charge in [0.05, 0.1) is 5.69 Å². The first-order chi connectivity index (χ1) is 9.56. The van der Waals surface area contributed by atoms with Gasteiger partial charge < -0.3 is 5.32 Å². The molecule has 8 heteroatoms. The van der Waals surface area contributed by atoms with Crippen LogP contribution < -0.4 is 10.0 Å². The van der Waals surface area contributed by atoms with Gasteiger partial charge in [0.1, 0.15) is 0 Å². The van der Waals surface area contributed by atoms with Crippen LogP contribution in [0.4, 0.5) is 5.13 Å². The minimum atomic E-state index is -3.49. The van der Waals surface area contributed by atoms with Crippen molar-refractivity contribution in [2.75, 3.05) is 24.4 Å². The molecule has 1 aromatic rings. The minimum Gasteiger partial charge on any atom is -0.311 e. The Bertz CT molecular complexity index is 512. The van der Waals surface area contributed by atoms with E-state index >= 15 is 0 Å². The zero-order chi connectivity index (χ0) is 14.6. The third kappa shape index (κ3) is 3.69. The van der Waals surface area contributed by atoms with Gasteiger partial charge in [-0.05, 0) is 12.8 Å². The van der Waals surface area contributed by atoms with Crippen LogP contribution in [-0.2, 0) is 23.2 Å². The van der Waals surface area contributed by atoms with Crippen molar-refractivity contribution in [3.63, 3.8) is 0 Å². The monoisotopic (exact) mass is 318 g/mol. The van der Waals surface area contributed by atoms with Gasteiger partial charge in [-0.25, -0.2) is 9.71 Å². The van der Waals surface area contributed by atoms with Crippen molar-refractivity contribution in [3.05, 3.63) is 10.6 Å². The van der Waals surface area contributed by atoms with Crippen LogP contribution in [-0.4, -0.2) is 37.3 Å². The molecule has 0 spiro atoms. The molecule has 0 amide bonds. The SMILES string of the molecule is CCCN(CCC)S(=O)(=O)Nc1nc2c(s1)CNCC2. The van der Waals surface area contributed by atoms with Gasteiger partial charge in [-0.15, -0.1) is 0 Å². The van der Waals surface area contributed by atoms with Crippen molar-refractivity contribution in [3.8, 4) is 0 Å². The first-order valence-corrected chi connectivity index (χ1v) is 9.29. The summed E-state index contributed by atoms with van der Waals surface area (Å²) in [6.07, 6.45) is 2.47. The highest BCUT2D eigenvalue weighted by molar-refractivity contribution is 7.90. The Hall–Kier alpha value is -0.700. The molecule has 2 N–H and O–H groups in total. The Morgan fingerprint density at radius 1 is 1.35 bits per heavy atom. The molecule has 0 saturated heterocycles. The van der Waals surface area contributed by atoms with Gasteiger partial charge in [0.2, 0.25) is 0 Å². The predicted molar refractivity (Wildman–Crippen MR) is 82.2 cm³/mol. The molecule has 0 unspecified atom stereocenters. The standard InChI is InChI=1S/C12H22N4O2S2/c1-3-7-16(8-4-2)20(17,18)15-12-14-10-5-6-13-9-11(10)19-12/h13H,3-9H2,1-2H3,(H,14,15). The van der Waals surface area contributed by atoms with Crippen molar-refractivity contribution in [2.45, 2.75) is 39.7 Å². The Morgan fingerprint density at radius 3 is 2.65 bits per heavy atom. The summed E-state index contributed by atoms with van der Waals surface area (Å²) in [5.41, 5.74) is 1.02. The first-order valence-electron chi connectivity index (χ1n) is 7.04. The first kappa shape index (κ1) is 15.7. The lowest BCUT2D eigenvalue weighted by atomic mass is 10.2. The molecule has 6 nitrogen and oxygen atoms in total. The lowest BCUT2D eigenvalue weighted by Crippen LogP contribution is -2.37. The average molecular weight is 318 g/mol. The van der Waals surface area contributed by atoms with Crippen LogP contribution in [0.3, 0.4) is 0 Å². The molecule has 0 radical (unpaired) electrons. The largest absolute Gasteiger partial charge is 0.311 e. The van der Waals surface area contributed by atoms with E-state index in [1.165, 1.54) is 15.6 Å². The Morgan fingerprint density at radius 2 is 2.05 bits per heavy atom. The van der Waals surface area contributed by atoms with Crippen LogP contribution in [0.1, 0.15) is 37.3 Å². The molecule has 2 heterocycles. The van der Waals surface area contributed by atoms with E-state index in [0.29, 0.717) is 18.2 Å². The highest BCUT2D eigenvalue weighted by Gasteiger charge is 2.23. The summed E-state index contributed by atoms with van der Waals surface area (Å²) in [5, 5.41) is 3.75. The van der Waals surface area contributed by atoms with Crippen molar-refractivity contribution in [1.29, 1.82) is 0 Å². The zero-order valence-electron chi connectivity index (χ0n) is 12.0.